The lowest BCUT2D eigenvalue weighted by atomic mass is 9.97. The van der Waals surface area contributed by atoms with Crippen molar-refractivity contribution in [3.63, 3.8) is 0 Å². The largest absolute Gasteiger partial charge is 0.351 e. The molecule has 1 aromatic carbocycles. The van der Waals surface area contributed by atoms with Crippen LogP contribution < -0.4 is 10.6 Å². The van der Waals surface area contributed by atoms with Crippen LogP contribution in [-0.4, -0.2) is 16.4 Å². The van der Waals surface area contributed by atoms with Crippen molar-refractivity contribution in [3.8, 4) is 0 Å². The van der Waals surface area contributed by atoms with Gasteiger partial charge in [0.25, 0.3) is 5.91 Å². The lowest BCUT2D eigenvalue weighted by Crippen LogP contribution is -2.35. The molecule has 1 aliphatic rings. The van der Waals surface area contributed by atoms with Gasteiger partial charge in [-0.25, -0.2) is 0 Å². The molecule has 0 spiro atoms. The number of carbonyl (C=O) groups is 2. The average molecular weight is 297 g/mol. The molecular formula is C17H19N3O2. The molecule has 3 rings (SSSR count). The lowest BCUT2D eigenvalue weighted by molar-refractivity contribution is -0.116. The molecule has 2 aromatic rings. The molecule has 114 valence electrons. The van der Waals surface area contributed by atoms with Crippen molar-refractivity contribution < 1.29 is 9.59 Å². The Bertz CT molecular complexity index is 761. The van der Waals surface area contributed by atoms with Gasteiger partial charge in [0, 0.05) is 24.1 Å². The summed E-state index contributed by atoms with van der Waals surface area (Å²) in [4.78, 5) is 24.4. The third-order valence-electron chi connectivity index (χ3n) is 4.32. The Balaban J connectivity index is 1.88. The van der Waals surface area contributed by atoms with Gasteiger partial charge in [-0.05, 0) is 31.5 Å². The molecule has 2 amide bonds. The van der Waals surface area contributed by atoms with Gasteiger partial charge in [0.2, 0.25) is 5.91 Å². The quantitative estimate of drug-likeness (QED) is 0.894. The molecule has 0 aliphatic carbocycles. The summed E-state index contributed by atoms with van der Waals surface area (Å²) >= 11 is 0. The molecule has 1 aliphatic heterocycles. The number of hydrogen-bond donors (Lipinski definition) is 2. The van der Waals surface area contributed by atoms with Gasteiger partial charge >= 0.3 is 0 Å². The topological polar surface area (TPSA) is 63.1 Å². The normalized spacial score (nSPS) is 16.9. The first kappa shape index (κ1) is 14.4. The van der Waals surface area contributed by atoms with E-state index in [0.717, 1.165) is 22.6 Å². The molecular weight excluding hydrogens is 278 g/mol. The van der Waals surface area contributed by atoms with Crippen LogP contribution >= 0.6 is 0 Å². The summed E-state index contributed by atoms with van der Waals surface area (Å²) in [7, 11) is 1.94. The summed E-state index contributed by atoms with van der Waals surface area (Å²) in [6, 6.07) is 9.14. The van der Waals surface area contributed by atoms with Crippen molar-refractivity contribution in [2.24, 2.45) is 7.05 Å². The first-order valence-electron chi connectivity index (χ1n) is 7.30. The van der Waals surface area contributed by atoms with Crippen LogP contribution in [0.1, 0.15) is 39.8 Å². The number of nitrogens with zero attached hydrogens (tertiary/aromatic N) is 1. The second kappa shape index (κ2) is 5.33. The van der Waals surface area contributed by atoms with Gasteiger partial charge < -0.3 is 15.2 Å². The van der Waals surface area contributed by atoms with E-state index in [2.05, 4.69) is 10.6 Å². The van der Waals surface area contributed by atoms with Crippen LogP contribution in [-0.2, 0) is 11.8 Å². The third-order valence-corrected chi connectivity index (χ3v) is 4.32. The number of rotatable bonds is 2. The van der Waals surface area contributed by atoms with Crippen molar-refractivity contribution in [1.29, 1.82) is 0 Å². The van der Waals surface area contributed by atoms with Crippen molar-refractivity contribution in [1.82, 2.24) is 9.88 Å². The summed E-state index contributed by atoms with van der Waals surface area (Å²) in [5.41, 5.74) is 4.32. The van der Waals surface area contributed by atoms with Gasteiger partial charge in [0.05, 0.1) is 18.0 Å². The molecule has 2 N–H and O–H groups in total. The Morgan fingerprint density at radius 2 is 2.05 bits per heavy atom. The smallest absolute Gasteiger partial charge is 0.253 e. The zero-order valence-corrected chi connectivity index (χ0v) is 12.9. The molecule has 0 fully saturated rings. The summed E-state index contributed by atoms with van der Waals surface area (Å²) in [5.74, 6) is -0.222. The second-order valence-electron chi connectivity index (χ2n) is 5.71. The molecule has 5 nitrogen and oxygen atoms in total. The molecule has 0 bridgehead atoms. The van der Waals surface area contributed by atoms with Gasteiger partial charge in [-0.3, -0.25) is 9.59 Å². The Kier molecular flexibility index (Phi) is 3.48. The number of benzene rings is 1. The van der Waals surface area contributed by atoms with E-state index in [9.17, 15) is 9.59 Å². The van der Waals surface area contributed by atoms with Gasteiger partial charge in [-0.2, -0.15) is 0 Å². The first-order valence-corrected chi connectivity index (χ1v) is 7.30. The number of anilines is 1. The van der Waals surface area contributed by atoms with E-state index < -0.39 is 0 Å². The molecule has 0 saturated heterocycles. The van der Waals surface area contributed by atoms with E-state index in [0.29, 0.717) is 5.56 Å². The van der Waals surface area contributed by atoms with Crippen LogP contribution in [0.25, 0.3) is 0 Å². The summed E-state index contributed by atoms with van der Waals surface area (Å²) in [6.07, 6.45) is 0.258. The fourth-order valence-electron chi connectivity index (χ4n) is 2.86. The van der Waals surface area contributed by atoms with E-state index in [4.69, 9.17) is 0 Å². The molecule has 0 unspecified atom stereocenters. The van der Waals surface area contributed by atoms with Gasteiger partial charge in [-0.15, -0.1) is 0 Å². The van der Waals surface area contributed by atoms with E-state index >= 15 is 0 Å². The molecule has 22 heavy (non-hydrogen) atoms. The van der Waals surface area contributed by atoms with Crippen molar-refractivity contribution >= 4 is 17.5 Å². The lowest BCUT2D eigenvalue weighted by Gasteiger charge is -2.26. The predicted molar refractivity (Wildman–Crippen MR) is 84.8 cm³/mol. The number of para-hydroxylation sites is 1. The number of nitrogens with one attached hydrogen (secondary N) is 2. The maximum Gasteiger partial charge on any atom is 0.253 e. The maximum absolute atomic E-state index is 12.6. The Morgan fingerprint density at radius 3 is 2.73 bits per heavy atom. The van der Waals surface area contributed by atoms with E-state index in [-0.39, 0.29) is 24.3 Å². The molecule has 5 heteroatoms. The van der Waals surface area contributed by atoms with Gasteiger partial charge in [-0.1, -0.05) is 18.2 Å². The SMILES string of the molecule is Cc1cc(C(=O)N[C@H]2CC(=O)Nc3ccccc32)c(C)n1C. The summed E-state index contributed by atoms with van der Waals surface area (Å²) in [6.45, 7) is 3.89. The van der Waals surface area contributed by atoms with Gasteiger partial charge in [0.15, 0.2) is 0 Å². The average Bonchev–Trinajstić information content (AvgIpc) is 2.75. The first-order chi connectivity index (χ1) is 10.5. The zero-order chi connectivity index (χ0) is 15.9. The highest BCUT2D eigenvalue weighted by Gasteiger charge is 2.27. The Morgan fingerprint density at radius 1 is 1.32 bits per heavy atom. The minimum atomic E-state index is -0.294. The van der Waals surface area contributed by atoms with Crippen LogP contribution in [0.2, 0.25) is 0 Å². The fraction of sp³-hybridized carbons (Fsp3) is 0.294. The maximum atomic E-state index is 12.6. The molecule has 0 saturated carbocycles. The highest BCUT2D eigenvalue weighted by Crippen LogP contribution is 2.30. The molecule has 1 aromatic heterocycles. The standard InChI is InChI=1S/C17H19N3O2/c1-10-8-13(11(2)20(10)3)17(22)19-15-9-16(21)18-14-7-5-4-6-12(14)15/h4-8,15H,9H2,1-3H3,(H,18,21)(H,19,22)/t15-/m0/s1. The number of aromatic nitrogens is 1. The predicted octanol–water partition coefficient (Wildman–Crippen LogP) is 2.46. The van der Waals surface area contributed by atoms with Crippen LogP contribution in [0, 0.1) is 13.8 Å². The van der Waals surface area contributed by atoms with E-state index in [1.807, 2.05) is 55.8 Å². The van der Waals surface area contributed by atoms with E-state index in [1.165, 1.54) is 0 Å². The molecule has 2 heterocycles. The number of aryl methyl sites for hydroxylation is 1. The second-order valence-corrected chi connectivity index (χ2v) is 5.71. The summed E-state index contributed by atoms with van der Waals surface area (Å²) < 4.78 is 1.98. The van der Waals surface area contributed by atoms with Crippen LogP contribution in [0.5, 0.6) is 0 Å². The van der Waals surface area contributed by atoms with Crippen LogP contribution in [0.15, 0.2) is 30.3 Å². The van der Waals surface area contributed by atoms with Crippen LogP contribution in [0.3, 0.4) is 0 Å². The van der Waals surface area contributed by atoms with Crippen molar-refractivity contribution in [2.75, 3.05) is 5.32 Å². The minimum absolute atomic E-state index is 0.0787. The zero-order valence-electron chi connectivity index (χ0n) is 12.9. The molecule has 0 radical (unpaired) electrons. The van der Waals surface area contributed by atoms with Crippen molar-refractivity contribution in [2.45, 2.75) is 26.3 Å². The Hall–Kier alpha value is -2.56. The monoisotopic (exact) mass is 297 g/mol. The highest BCUT2D eigenvalue weighted by molar-refractivity contribution is 5.98. The minimum Gasteiger partial charge on any atom is -0.351 e. The fourth-order valence-corrected chi connectivity index (χ4v) is 2.86. The van der Waals surface area contributed by atoms with E-state index in [1.54, 1.807) is 0 Å². The number of fused-ring (bicyclic) bond motifs is 1. The van der Waals surface area contributed by atoms with Crippen molar-refractivity contribution in [3.05, 3.63) is 52.8 Å². The van der Waals surface area contributed by atoms with Crippen LogP contribution in [0.4, 0.5) is 5.69 Å². The summed E-state index contributed by atoms with van der Waals surface area (Å²) in [5, 5.41) is 5.82. The Labute approximate surface area is 129 Å². The number of carbonyl (C=O) groups excluding carboxylic acids is 2. The number of amides is 2. The van der Waals surface area contributed by atoms with Gasteiger partial charge in [0.1, 0.15) is 0 Å². The highest BCUT2D eigenvalue weighted by atomic mass is 16.2. The molecule has 1 atom stereocenters. The number of hydrogen-bond acceptors (Lipinski definition) is 2. The third kappa shape index (κ3) is 2.39.